The Kier molecular flexibility index (Phi) is 2.87. The van der Waals surface area contributed by atoms with Gasteiger partial charge in [0.2, 0.25) is 0 Å². The summed E-state index contributed by atoms with van der Waals surface area (Å²) in [6.07, 6.45) is 0.887. The lowest BCUT2D eigenvalue weighted by Gasteiger charge is -2.07. The molecule has 0 spiro atoms. The van der Waals surface area contributed by atoms with E-state index in [2.05, 4.69) is 10.6 Å². The highest BCUT2D eigenvalue weighted by molar-refractivity contribution is 5.97. The van der Waals surface area contributed by atoms with Gasteiger partial charge in [0, 0.05) is 24.3 Å². The molecule has 1 aliphatic heterocycles. The molecule has 1 heterocycles. The molecule has 0 aliphatic carbocycles. The molecule has 2 rings (SSSR count). The standard InChI is InChI=1S/C11H14N2O2/c14-7-6-13-11(15)9-2-1-3-10-8(9)4-5-12-10/h1-3,12,14H,4-7H2,(H,13,15). The van der Waals surface area contributed by atoms with Crippen molar-refractivity contribution >= 4 is 11.6 Å². The molecule has 1 amide bonds. The summed E-state index contributed by atoms with van der Waals surface area (Å²) in [5.74, 6) is -0.107. The third-order valence-electron chi connectivity index (χ3n) is 2.51. The van der Waals surface area contributed by atoms with Crippen molar-refractivity contribution in [3.8, 4) is 0 Å². The van der Waals surface area contributed by atoms with Crippen LogP contribution in [-0.4, -0.2) is 30.7 Å². The fourth-order valence-electron chi connectivity index (χ4n) is 1.82. The number of carbonyl (C=O) groups is 1. The Hall–Kier alpha value is -1.55. The van der Waals surface area contributed by atoms with E-state index in [-0.39, 0.29) is 12.5 Å². The van der Waals surface area contributed by atoms with Crippen LogP contribution in [0, 0.1) is 0 Å². The number of nitrogens with one attached hydrogen (secondary N) is 2. The second kappa shape index (κ2) is 4.31. The van der Waals surface area contributed by atoms with Gasteiger partial charge in [-0.3, -0.25) is 4.79 Å². The zero-order valence-corrected chi connectivity index (χ0v) is 8.42. The van der Waals surface area contributed by atoms with E-state index in [1.54, 1.807) is 0 Å². The van der Waals surface area contributed by atoms with Gasteiger partial charge in [0.15, 0.2) is 0 Å². The first-order chi connectivity index (χ1) is 7.33. The van der Waals surface area contributed by atoms with Gasteiger partial charge in [-0.2, -0.15) is 0 Å². The number of benzene rings is 1. The van der Waals surface area contributed by atoms with Crippen molar-refractivity contribution in [1.29, 1.82) is 0 Å². The Bertz CT molecular complexity index is 377. The van der Waals surface area contributed by atoms with Gasteiger partial charge in [-0.15, -0.1) is 0 Å². The molecule has 1 aromatic carbocycles. The van der Waals surface area contributed by atoms with Gasteiger partial charge >= 0.3 is 0 Å². The van der Waals surface area contributed by atoms with Crippen LogP contribution >= 0.6 is 0 Å². The Morgan fingerprint density at radius 1 is 1.53 bits per heavy atom. The summed E-state index contributed by atoms with van der Waals surface area (Å²) in [6.45, 7) is 1.16. The number of carbonyl (C=O) groups excluding carboxylic acids is 1. The second-order valence-corrected chi connectivity index (χ2v) is 3.49. The average molecular weight is 206 g/mol. The van der Waals surface area contributed by atoms with E-state index >= 15 is 0 Å². The molecule has 0 aromatic heterocycles. The normalized spacial score (nSPS) is 13.1. The van der Waals surface area contributed by atoms with Crippen molar-refractivity contribution in [2.75, 3.05) is 25.0 Å². The number of hydrogen-bond acceptors (Lipinski definition) is 3. The average Bonchev–Trinajstić information content (AvgIpc) is 2.73. The first kappa shape index (κ1) is 9.98. The Balaban J connectivity index is 2.21. The fraction of sp³-hybridized carbons (Fsp3) is 0.364. The molecule has 4 nitrogen and oxygen atoms in total. The first-order valence-electron chi connectivity index (χ1n) is 5.08. The van der Waals surface area contributed by atoms with E-state index in [9.17, 15) is 4.79 Å². The van der Waals surface area contributed by atoms with Crippen LogP contribution in [-0.2, 0) is 6.42 Å². The van der Waals surface area contributed by atoms with Crippen molar-refractivity contribution in [2.24, 2.45) is 0 Å². The topological polar surface area (TPSA) is 61.4 Å². The van der Waals surface area contributed by atoms with Gasteiger partial charge in [0.1, 0.15) is 0 Å². The molecule has 4 heteroatoms. The summed E-state index contributed by atoms with van der Waals surface area (Å²) in [4.78, 5) is 11.7. The van der Waals surface area contributed by atoms with Crippen LogP contribution in [0.4, 0.5) is 5.69 Å². The molecule has 1 aliphatic rings. The van der Waals surface area contributed by atoms with Crippen molar-refractivity contribution in [2.45, 2.75) is 6.42 Å². The number of amides is 1. The van der Waals surface area contributed by atoms with Crippen molar-refractivity contribution in [3.05, 3.63) is 29.3 Å². The maximum atomic E-state index is 11.7. The number of aliphatic hydroxyl groups excluding tert-OH is 1. The largest absolute Gasteiger partial charge is 0.395 e. The Morgan fingerprint density at radius 2 is 2.40 bits per heavy atom. The highest BCUT2D eigenvalue weighted by Gasteiger charge is 2.17. The molecule has 1 aromatic rings. The van der Waals surface area contributed by atoms with Crippen LogP contribution in [0.1, 0.15) is 15.9 Å². The van der Waals surface area contributed by atoms with Crippen LogP contribution in [0.5, 0.6) is 0 Å². The SMILES string of the molecule is O=C(NCCO)c1cccc2c1CCN2. The van der Waals surface area contributed by atoms with Gasteiger partial charge in [0.25, 0.3) is 5.91 Å². The molecular formula is C11H14N2O2. The number of hydrogen-bond donors (Lipinski definition) is 3. The van der Waals surface area contributed by atoms with Crippen LogP contribution in [0.15, 0.2) is 18.2 Å². The summed E-state index contributed by atoms with van der Waals surface area (Å²) in [5, 5.41) is 14.5. The minimum absolute atomic E-state index is 0.0288. The lowest BCUT2D eigenvalue weighted by molar-refractivity contribution is 0.0944. The van der Waals surface area contributed by atoms with Gasteiger partial charge in [-0.1, -0.05) is 6.07 Å². The predicted octanol–water partition coefficient (Wildman–Crippen LogP) is 0.377. The zero-order chi connectivity index (χ0) is 10.7. The molecule has 15 heavy (non-hydrogen) atoms. The maximum Gasteiger partial charge on any atom is 0.251 e. The third-order valence-corrected chi connectivity index (χ3v) is 2.51. The van der Waals surface area contributed by atoms with Crippen molar-refractivity contribution < 1.29 is 9.90 Å². The Morgan fingerprint density at radius 3 is 3.20 bits per heavy atom. The number of aliphatic hydroxyl groups is 1. The predicted molar refractivity (Wildman–Crippen MR) is 58.1 cm³/mol. The molecule has 3 N–H and O–H groups in total. The van der Waals surface area contributed by atoms with E-state index in [4.69, 9.17) is 5.11 Å². The summed E-state index contributed by atoms with van der Waals surface area (Å²) in [6, 6.07) is 5.66. The molecule has 0 bridgehead atoms. The van der Waals surface area contributed by atoms with E-state index < -0.39 is 0 Å². The number of rotatable bonds is 3. The lowest BCUT2D eigenvalue weighted by atomic mass is 10.0. The third kappa shape index (κ3) is 1.94. The smallest absolute Gasteiger partial charge is 0.251 e. The van der Waals surface area contributed by atoms with Crippen LogP contribution < -0.4 is 10.6 Å². The maximum absolute atomic E-state index is 11.7. The van der Waals surface area contributed by atoms with Gasteiger partial charge in [-0.05, 0) is 24.1 Å². The minimum Gasteiger partial charge on any atom is -0.395 e. The number of fused-ring (bicyclic) bond motifs is 1. The highest BCUT2D eigenvalue weighted by atomic mass is 16.3. The number of anilines is 1. The fourth-order valence-corrected chi connectivity index (χ4v) is 1.82. The summed E-state index contributed by atoms with van der Waals surface area (Å²) in [7, 11) is 0. The molecule has 0 radical (unpaired) electrons. The monoisotopic (exact) mass is 206 g/mol. The van der Waals surface area contributed by atoms with E-state index in [0.717, 1.165) is 24.2 Å². The van der Waals surface area contributed by atoms with E-state index in [0.29, 0.717) is 12.1 Å². The molecule has 0 unspecified atom stereocenters. The molecule has 0 saturated carbocycles. The summed E-state index contributed by atoms with van der Waals surface area (Å²) < 4.78 is 0. The highest BCUT2D eigenvalue weighted by Crippen LogP contribution is 2.25. The van der Waals surface area contributed by atoms with Gasteiger partial charge in [0.05, 0.1) is 6.61 Å². The Labute approximate surface area is 88.3 Å². The first-order valence-corrected chi connectivity index (χ1v) is 5.08. The summed E-state index contributed by atoms with van der Waals surface area (Å²) in [5.41, 5.74) is 2.84. The molecular weight excluding hydrogens is 192 g/mol. The van der Waals surface area contributed by atoms with Crippen LogP contribution in [0.2, 0.25) is 0 Å². The van der Waals surface area contributed by atoms with Crippen molar-refractivity contribution in [3.63, 3.8) is 0 Å². The second-order valence-electron chi connectivity index (χ2n) is 3.49. The molecule has 0 saturated heterocycles. The molecule has 0 fully saturated rings. The van der Waals surface area contributed by atoms with Crippen LogP contribution in [0.25, 0.3) is 0 Å². The van der Waals surface area contributed by atoms with Crippen LogP contribution in [0.3, 0.4) is 0 Å². The van der Waals surface area contributed by atoms with Crippen molar-refractivity contribution in [1.82, 2.24) is 5.32 Å². The molecule has 80 valence electrons. The molecule has 0 atom stereocenters. The lowest BCUT2D eigenvalue weighted by Crippen LogP contribution is -2.27. The minimum atomic E-state index is -0.107. The van der Waals surface area contributed by atoms with E-state index in [1.807, 2.05) is 18.2 Å². The van der Waals surface area contributed by atoms with E-state index in [1.165, 1.54) is 0 Å². The summed E-state index contributed by atoms with van der Waals surface area (Å²) >= 11 is 0. The van der Waals surface area contributed by atoms with Gasteiger partial charge < -0.3 is 15.7 Å². The quantitative estimate of drug-likeness (QED) is 0.670. The zero-order valence-electron chi connectivity index (χ0n) is 8.42. The van der Waals surface area contributed by atoms with Gasteiger partial charge in [-0.25, -0.2) is 0 Å².